The standard InChI is InChI=1S/C19H22N4O6/c1-9-6-17(26)29-15-7-12(4-5-13(9)15)23-18(27)10(2)21-19(28)14(8-16(20)25)22-11(3)24/h4-7,10,14H,8H2,1-3H3,(H2,20,25)(H,21,28)(H,22,24)(H,23,27)/t10-,14?/m0/s1. The second kappa shape index (κ2) is 9.00. The van der Waals surface area contributed by atoms with Crippen molar-refractivity contribution in [2.24, 2.45) is 5.73 Å². The van der Waals surface area contributed by atoms with Gasteiger partial charge in [0.05, 0.1) is 6.42 Å². The lowest BCUT2D eigenvalue weighted by molar-refractivity contribution is -0.132. The number of hydrogen-bond acceptors (Lipinski definition) is 6. The second-order valence-electron chi connectivity index (χ2n) is 6.60. The number of benzene rings is 1. The summed E-state index contributed by atoms with van der Waals surface area (Å²) < 4.78 is 5.13. The fourth-order valence-corrected chi connectivity index (χ4v) is 2.69. The monoisotopic (exact) mass is 402 g/mol. The van der Waals surface area contributed by atoms with Crippen LogP contribution in [0.3, 0.4) is 0 Å². The van der Waals surface area contributed by atoms with Crippen LogP contribution >= 0.6 is 0 Å². The Hall–Kier alpha value is -3.69. The number of nitrogens with one attached hydrogen (secondary N) is 3. The van der Waals surface area contributed by atoms with E-state index in [9.17, 15) is 24.0 Å². The van der Waals surface area contributed by atoms with Crippen molar-refractivity contribution in [2.75, 3.05) is 5.32 Å². The molecule has 0 spiro atoms. The highest BCUT2D eigenvalue weighted by Gasteiger charge is 2.25. The quantitative estimate of drug-likeness (QED) is 0.474. The fraction of sp³-hybridized carbons (Fsp3) is 0.316. The number of hydrogen-bond donors (Lipinski definition) is 4. The minimum Gasteiger partial charge on any atom is -0.423 e. The van der Waals surface area contributed by atoms with Crippen molar-refractivity contribution in [3.05, 3.63) is 40.2 Å². The second-order valence-corrected chi connectivity index (χ2v) is 6.60. The van der Waals surface area contributed by atoms with Gasteiger partial charge in [-0.3, -0.25) is 19.2 Å². The number of amides is 4. The molecule has 1 unspecified atom stereocenters. The van der Waals surface area contributed by atoms with Crippen molar-refractivity contribution in [1.29, 1.82) is 0 Å². The highest BCUT2D eigenvalue weighted by molar-refractivity contribution is 6.00. The molecule has 2 aromatic rings. The molecule has 10 heteroatoms. The molecule has 2 rings (SSSR count). The Labute approximate surface area is 165 Å². The van der Waals surface area contributed by atoms with Crippen molar-refractivity contribution >= 4 is 40.3 Å². The fourth-order valence-electron chi connectivity index (χ4n) is 2.69. The van der Waals surface area contributed by atoms with Gasteiger partial charge in [-0.1, -0.05) is 0 Å². The van der Waals surface area contributed by atoms with Crippen LogP contribution in [0.5, 0.6) is 0 Å². The van der Waals surface area contributed by atoms with Gasteiger partial charge in [-0.2, -0.15) is 0 Å². The highest BCUT2D eigenvalue weighted by Crippen LogP contribution is 2.20. The zero-order chi connectivity index (χ0) is 21.7. The zero-order valence-electron chi connectivity index (χ0n) is 16.2. The van der Waals surface area contributed by atoms with E-state index in [1.165, 1.54) is 26.0 Å². The predicted molar refractivity (Wildman–Crippen MR) is 105 cm³/mol. The van der Waals surface area contributed by atoms with Gasteiger partial charge in [0.25, 0.3) is 0 Å². The molecule has 0 saturated carbocycles. The lowest BCUT2D eigenvalue weighted by Crippen LogP contribution is -2.52. The largest absolute Gasteiger partial charge is 0.423 e. The molecular formula is C19H22N4O6. The molecule has 2 atom stereocenters. The molecule has 0 saturated heterocycles. The Balaban J connectivity index is 2.08. The van der Waals surface area contributed by atoms with E-state index in [1.807, 2.05) is 0 Å². The highest BCUT2D eigenvalue weighted by atomic mass is 16.4. The predicted octanol–water partition coefficient (Wildman–Crippen LogP) is -0.0753. The average Bonchev–Trinajstić information content (AvgIpc) is 2.59. The third-order valence-corrected chi connectivity index (χ3v) is 4.07. The lowest BCUT2D eigenvalue weighted by Gasteiger charge is -2.19. The van der Waals surface area contributed by atoms with E-state index in [1.54, 1.807) is 19.1 Å². The first-order valence-corrected chi connectivity index (χ1v) is 8.78. The SMILES string of the molecule is CC(=O)NC(CC(N)=O)C(=O)N[C@@H](C)C(=O)Nc1ccc2c(C)cc(=O)oc2c1. The van der Waals surface area contributed by atoms with Crippen LogP contribution in [-0.4, -0.2) is 35.7 Å². The van der Waals surface area contributed by atoms with Crippen LogP contribution in [0.2, 0.25) is 0 Å². The van der Waals surface area contributed by atoms with E-state index in [0.29, 0.717) is 11.3 Å². The van der Waals surface area contributed by atoms with Crippen LogP contribution in [0.4, 0.5) is 5.69 Å². The Morgan fingerprint density at radius 1 is 1.10 bits per heavy atom. The van der Waals surface area contributed by atoms with Crippen LogP contribution in [0.25, 0.3) is 11.0 Å². The maximum absolute atomic E-state index is 12.4. The van der Waals surface area contributed by atoms with Gasteiger partial charge < -0.3 is 26.1 Å². The number of anilines is 1. The van der Waals surface area contributed by atoms with Crippen molar-refractivity contribution in [1.82, 2.24) is 10.6 Å². The van der Waals surface area contributed by atoms with Gasteiger partial charge in [0, 0.05) is 30.1 Å². The molecule has 0 aliphatic carbocycles. The zero-order valence-corrected chi connectivity index (χ0v) is 16.2. The summed E-state index contributed by atoms with van der Waals surface area (Å²) in [5, 5.41) is 8.06. The summed E-state index contributed by atoms with van der Waals surface area (Å²) in [5.74, 6) is -2.56. The van der Waals surface area contributed by atoms with Gasteiger partial charge in [0.15, 0.2) is 0 Å². The number of carbonyl (C=O) groups is 4. The molecule has 29 heavy (non-hydrogen) atoms. The van der Waals surface area contributed by atoms with Crippen LogP contribution in [-0.2, 0) is 19.2 Å². The molecule has 1 heterocycles. The Morgan fingerprint density at radius 2 is 1.79 bits per heavy atom. The first-order valence-electron chi connectivity index (χ1n) is 8.78. The van der Waals surface area contributed by atoms with Gasteiger partial charge >= 0.3 is 5.63 Å². The normalized spacial score (nSPS) is 12.7. The van der Waals surface area contributed by atoms with E-state index < -0.39 is 47.8 Å². The van der Waals surface area contributed by atoms with Crippen LogP contribution in [0, 0.1) is 6.92 Å². The summed E-state index contributed by atoms with van der Waals surface area (Å²) in [6, 6.07) is 4.05. The maximum atomic E-state index is 12.4. The molecule has 154 valence electrons. The number of nitrogens with two attached hydrogens (primary N) is 1. The van der Waals surface area contributed by atoms with Crippen LogP contribution < -0.4 is 27.3 Å². The van der Waals surface area contributed by atoms with Crippen molar-refractivity contribution in [3.63, 3.8) is 0 Å². The maximum Gasteiger partial charge on any atom is 0.336 e. The molecule has 0 aliphatic heterocycles. The van der Waals surface area contributed by atoms with Crippen molar-refractivity contribution in [2.45, 2.75) is 39.3 Å². The van der Waals surface area contributed by atoms with Crippen LogP contribution in [0.15, 0.2) is 33.5 Å². The van der Waals surface area contributed by atoms with Crippen LogP contribution in [0.1, 0.15) is 25.8 Å². The van der Waals surface area contributed by atoms with E-state index in [-0.39, 0.29) is 0 Å². The van der Waals surface area contributed by atoms with Gasteiger partial charge in [-0.25, -0.2) is 4.79 Å². The van der Waals surface area contributed by atoms with Crippen molar-refractivity contribution < 1.29 is 23.6 Å². The van der Waals surface area contributed by atoms with Gasteiger partial charge in [-0.15, -0.1) is 0 Å². The van der Waals surface area contributed by atoms with E-state index in [4.69, 9.17) is 10.2 Å². The van der Waals surface area contributed by atoms with Crippen molar-refractivity contribution in [3.8, 4) is 0 Å². The molecule has 0 fully saturated rings. The average molecular weight is 402 g/mol. The van der Waals surface area contributed by atoms with E-state index in [0.717, 1.165) is 10.9 Å². The number of aryl methyl sites for hydroxylation is 1. The smallest absolute Gasteiger partial charge is 0.336 e. The molecule has 1 aromatic carbocycles. The third kappa shape index (κ3) is 5.89. The molecule has 10 nitrogen and oxygen atoms in total. The molecule has 4 amide bonds. The topological polar surface area (TPSA) is 161 Å². The number of carbonyl (C=O) groups excluding carboxylic acids is 4. The minimum absolute atomic E-state index is 0.316. The summed E-state index contributed by atoms with van der Waals surface area (Å²) in [5.41, 5.74) is 6.01. The Kier molecular flexibility index (Phi) is 6.71. The minimum atomic E-state index is -1.18. The first-order chi connectivity index (χ1) is 13.6. The summed E-state index contributed by atoms with van der Waals surface area (Å²) in [4.78, 5) is 58.5. The third-order valence-electron chi connectivity index (χ3n) is 4.07. The van der Waals surface area contributed by atoms with Gasteiger partial charge in [-0.05, 0) is 31.5 Å². The Morgan fingerprint density at radius 3 is 2.41 bits per heavy atom. The lowest BCUT2D eigenvalue weighted by atomic mass is 10.1. The van der Waals surface area contributed by atoms with Gasteiger partial charge in [0.1, 0.15) is 17.7 Å². The summed E-state index contributed by atoms with van der Waals surface area (Å²) in [6.45, 7) is 4.40. The van der Waals surface area contributed by atoms with E-state index in [2.05, 4.69) is 16.0 Å². The molecule has 0 aliphatic rings. The molecule has 0 radical (unpaired) electrons. The number of fused-ring (bicyclic) bond motifs is 1. The summed E-state index contributed by atoms with van der Waals surface area (Å²) in [6.07, 6.45) is -0.400. The first kappa shape index (κ1) is 21.6. The molecule has 1 aromatic heterocycles. The summed E-state index contributed by atoms with van der Waals surface area (Å²) in [7, 11) is 0. The number of rotatable bonds is 7. The number of primary amides is 1. The van der Waals surface area contributed by atoms with E-state index >= 15 is 0 Å². The molecule has 5 N–H and O–H groups in total. The molecular weight excluding hydrogens is 380 g/mol. The Bertz CT molecular complexity index is 1010. The molecule has 0 bridgehead atoms. The summed E-state index contributed by atoms with van der Waals surface area (Å²) >= 11 is 0. The van der Waals surface area contributed by atoms with Gasteiger partial charge in [0.2, 0.25) is 23.6 Å².